The molecular weight excluding hydrogens is 270 g/mol. The standard InChI is InChI=1S/C8H6ClN3O4S/c9-17(15,16)8-2-1-7(12(13)14)5(3-10)6(8)4-11/h1-2H,4,11H2. The molecule has 0 radical (unpaired) electrons. The lowest BCUT2D eigenvalue weighted by molar-refractivity contribution is -0.385. The Balaban J connectivity index is 3.74. The highest BCUT2D eigenvalue weighted by molar-refractivity contribution is 8.13. The van der Waals surface area contributed by atoms with Crippen LogP contribution < -0.4 is 5.73 Å². The molecule has 0 atom stereocenters. The Morgan fingerprint density at radius 3 is 2.47 bits per heavy atom. The van der Waals surface area contributed by atoms with E-state index in [4.69, 9.17) is 21.7 Å². The average molecular weight is 276 g/mol. The number of nitrogens with two attached hydrogens (primary N) is 1. The highest BCUT2D eigenvalue weighted by Crippen LogP contribution is 2.29. The Morgan fingerprint density at radius 2 is 2.12 bits per heavy atom. The maximum absolute atomic E-state index is 11.2. The zero-order valence-corrected chi connectivity index (χ0v) is 9.83. The van der Waals surface area contributed by atoms with Gasteiger partial charge in [-0.05, 0) is 6.07 Å². The number of nitriles is 1. The lowest BCUT2D eigenvalue weighted by atomic mass is 10.1. The minimum Gasteiger partial charge on any atom is -0.326 e. The first kappa shape index (κ1) is 13.4. The molecule has 1 aromatic rings. The van der Waals surface area contributed by atoms with Crippen molar-refractivity contribution in [3.8, 4) is 6.07 Å². The van der Waals surface area contributed by atoms with Crippen molar-refractivity contribution in [3.05, 3.63) is 33.4 Å². The molecule has 0 fully saturated rings. The zero-order chi connectivity index (χ0) is 13.2. The molecule has 9 heteroatoms. The van der Waals surface area contributed by atoms with Crippen LogP contribution in [0.15, 0.2) is 17.0 Å². The number of hydrogen-bond acceptors (Lipinski definition) is 6. The lowest BCUT2D eigenvalue weighted by Crippen LogP contribution is -2.08. The molecule has 1 aromatic carbocycles. The highest BCUT2D eigenvalue weighted by Gasteiger charge is 2.25. The third-order valence-corrected chi connectivity index (χ3v) is 3.43. The molecule has 90 valence electrons. The Morgan fingerprint density at radius 1 is 1.53 bits per heavy atom. The first-order valence-electron chi connectivity index (χ1n) is 4.18. The number of nitrogens with zero attached hydrogens (tertiary/aromatic N) is 2. The Kier molecular flexibility index (Phi) is 3.67. The van der Waals surface area contributed by atoms with Gasteiger partial charge in [0.15, 0.2) is 0 Å². The van der Waals surface area contributed by atoms with Gasteiger partial charge in [-0.25, -0.2) is 8.42 Å². The molecule has 1 rings (SSSR count). The smallest absolute Gasteiger partial charge is 0.287 e. The van der Waals surface area contributed by atoms with Gasteiger partial charge in [0, 0.05) is 28.9 Å². The summed E-state index contributed by atoms with van der Waals surface area (Å²) in [4.78, 5) is 9.47. The second-order valence-electron chi connectivity index (χ2n) is 2.95. The van der Waals surface area contributed by atoms with Gasteiger partial charge < -0.3 is 5.73 Å². The lowest BCUT2D eigenvalue weighted by Gasteiger charge is -2.06. The predicted molar refractivity (Wildman–Crippen MR) is 58.7 cm³/mol. The Bertz CT molecular complexity index is 620. The molecule has 7 nitrogen and oxygen atoms in total. The molecule has 0 aliphatic rings. The molecule has 17 heavy (non-hydrogen) atoms. The topological polar surface area (TPSA) is 127 Å². The summed E-state index contributed by atoms with van der Waals surface area (Å²) in [5, 5.41) is 19.5. The zero-order valence-electron chi connectivity index (χ0n) is 8.25. The van der Waals surface area contributed by atoms with Gasteiger partial charge in [-0.15, -0.1) is 0 Å². The number of hydrogen-bond donors (Lipinski definition) is 1. The van der Waals surface area contributed by atoms with Crippen LogP contribution in [-0.2, 0) is 15.6 Å². The van der Waals surface area contributed by atoms with E-state index in [0.29, 0.717) is 0 Å². The fraction of sp³-hybridized carbons (Fsp3) is 0.125. The molecule has 0 amide bonds. The third kappa shape index (κ3) is 2.52. The van der Waals surface area contributed by atoms with E-state index >= 15 is 0 Å². The van der Waals surface area contributed by atoms with E-state index in [0.717, 1.165) is 12.1 Å². The van der Waals surface area contributed by atoms with Crippen LogP contribution in [-0.4, -0.2) is 13.3 Å². The number of nitro benzene ring substituents is 1. The molecular formula is C8H6ClN3O4S. The molecule has 0 spiro atoms. The van der Waals surface area contributed by atoms with Gasteiger partial charge in [0.05, 0.1) is 9.82 Å². The second-order valence-corrected chi connectivity index (χ2v) is 5.48. The molecule has 0 aliphatic carbocycles. The maximum atomic E-state index is 11.2. The van der Waals surface area contributed by atoms with Crippen molar-refractivity contribution in [1.29, 1.82) is 5.26 Å². The fourth-order valence-electron chi connectivity index (χ4n) is 1.32. The van der Waals surface area contributed by atoms with Gasteiger partial charge in [0.2, 0.25) is 0 Å². The van der Waals surface area contributed by atoms with E-state index in [2.05, 4.69) is 0 Å². The van der Waals surface area contributed by atoms with Crippen LogP contribution in [0, 0.1) is 21.4 Å². The van der Waals surface area contributed by atoms with Crippen LogP contribution in [0.25, 0.3) is 0 Å². The van der Waals surface area contributed by atoms with E-state index < -0.39 is 19.7 Å². The van der Waals surface area contributed by atoms with Crippen LogP contribution in [0.3, 0.4) is 0 Å². The SMILES string of the molecule is N#Cc1c([N+](=O)[O-])ccc(S(=O)(=O)Cl)c1CN. The van der Waals surface area contributed by atoms with Crippen LogP contribution >= 0.6 is 10.7 Å². The summed E-state index contributed by atoms with van der Waals surface area (Å²) in [5.74, 6) is 0. The molecule has 0 aliphatic heterocycles. The summed E-state index contributed by atoms with van der Waals surface area (Å²) in [5.41, 5.74) is 4.25. The number of halogens is 1. The summed E-state index contributed by atoms with van der Waals surface area (Å²) in [6.45, 7) is -0.341. The summed E-state index contributed by atoms with van der Waals surface area (Å²) >= 11 is 0. The number of benzene rings is 1. The van der Waals surface area contributed by atoms with Crippen LogP contribution in [0.4, 0.5) is 5.69 Å². The van der Waals surface area contributed by atoms with Crippen LogP contribution in [0.5, 0.6) is 0 Å². The maximum Gasteiger partial charge on any atom is 0.287 e. The van der Waals surface area contributed by atoms with Crippen LogP contribution in [0.2, 0.25) is 0 Å². The summed E-state index contributed by atoms with van der Waals surface area (Å²) < 4.78 is 22.4. The minimum absolute atomic E-state index is 0.156. The summed E-state index contributed by atoms with van der Waals surface area (Å²) in [6, 6.07) is 3.44. The fourth-order valence-corrected chi connectivity index (χ4v) is 2.47. The Hall–Kier alpha value is -1.69. The van der Waals surface area contributed by atoms with Gasteiger partial charge in [0.25, 0.3) is 14.7 Å². The van der Waals surface area contributed by atoms with Crippen molar-refractivity contribution in [2.45, 2.75) is 11.4 Å². The molecule has 0 saturated heterocycles. The molecule has 0 aromatic heterocycles. The molecule has 0 bridgehead atoms. The van der Waals surface area contributed by atoms with Gasteiger partial charge in [0.1, 0.15) is 11.6 Å². The van der Waals surface area contributed by atoms with E-state index in [1.54, 1.807) is 6.07 Å². The van der Waals surface area contributed by atoms with Crippen molar-refractivity contribution >= 4 is 25.4 Å². The molecule has 2 N–H and O–H groups in total. The largest absolute Gasteiger partial charge is 0.326 e. The van der Waals surface area contributed by atoms with E-state index in [1.807, 2.05) is 0 Å². The van der Waals surface area contributed by atoms with Crippen molar-refractivity contribution in [2.75, 3.05) is 0 Å². The van der Waals surface area contributed by atoms with E-state index in [-0.39, 0.29) is 22.6 Å². The van der Waals surface area contributed by atoms with Crippen molar-refractivity contribution in [1.82, 2.24) is 0 Å². The Labute approximate surface area is 101 Å². The normalized spacial score (nSPS) is 10.9. The van der Waals surface area contributed by atoms with E-state index in [1.165, 1.54) is 0 Å². The number of rotatable bonds is 3. The second kappa shape index (κ2) is 4.67. The quantitative estimate of drug-likeness (QED) is 0.495. The first-order valence-corrected chi connectivity index (χ1v) is 6.49. The van der Waals surface area contributed by atoms with E-state index in [9.17, 15) is 18.5 Å². The van der Waals surface area contributed by atoms with Crippen LogP contribution in [0.1, 0.15) is 11.1 Å². The third-order valence-electron chi connectivity index (χ3n) is 2.02. The molecule has 0 unspecified atom stereocenters. The van der Waals surface area contributed by atoms with Crippen molar-refractivity contribution < 1.29 is 13.3 Å². The minimum atomic E-state index is -4.10. The summed E-state index contributed by atoms with van der Waals surface area (Å²) in [7, 11) is 1.04. The monoisotopic (exact) mass is 275 g/mol. The van der Waals surface area contributed by atoms with Gasteiger partial charge in [-0.3, -0.25) is 10.1 Å². The first-order chi connectivity index (χ1) is 7.82. The van der Waals surface area contributed by atoms with Gasteiger partial charge >= 0.3 is 0 Å². The van der Waals surface area contributed by atoms with Crippen molar-refractivity contribution in [3.63, 3.8) is 0 Å². The van der Waals surface area contributed by atoms with Gasteiger partial charge in [-0.2, -0.15) is 5.26 Å². The highest BCUT2D eigenvalue weighted by atomic mass is 35.7. The average Bonchev–Trinajstić information content (AvgIpc) is 2.25. The number of nitro groups is 1. The van der Waals surface area contributed by atoms with Crippen molar-refractivity contribution in [2.24, 2.45) is 5.73 Å². The molecule has 0 heterocycles. The summed E-state index contributed by atoms with van der Waals surface area (Å²) in [6.07, 6.45) is 0. The predicted octanol–water partition coefficient (Wildman–Crippen LogP) is 0.853. The van der Waals surface area contributed by atoms with Gasteiger partial charge in [-0.1, -0.05) is 0 Å². The molecule has 0 saturated carbocycles.